The number of imidazole rings is 1. The molecule has 0 saturated carbocycles. The van der Waals surface area contributed by atoms with Crippen molar-refractivity contribution in [1.82, 2.24) is 9.97 Å². The molecule has 2 aliphatic heterocycles. The maximum atomic E-state index is 13.3. The summed E-state index contributed by atoms with van der Waals surface area (Å²) in [4.78, 5) is 35.5. The van der Waals surface area contributed by atoms with E-state index in [-0.39, 0.29) is 29.1 Å². The van der Waals surface area contributed by atoms with E-state index in [1.54, 1.807) is 36.4 Å². The monoisotopic (exact) mass is 467 g/mol. The highest BCUT2D eigenvalue weighted by atomic mass is 16.5. The van der Waals surface area contributed by atoms with E-state index in [9.17, 15) is 19.8 Å². The summed E-state index contributed by atoms with van der Waals surface area (Å²) in [6.45, 7) is 1.96. The number of ketones is 1. The number of aromatic amines is 1. The number of carbonyl (C=O) groups is 2. The molecule has 35 heavy (non-hydrogen) atoms. The highest BCUT2D eigenvalue weighted by Crippen LogP contribution is 2.43. The molecule has 3 heterocycles. The van der Waals surface area contributed by atoms with Crippen molar-refractivity contribution in [1.29, 1.82) is 0 Å². The van der Waals surface area contributed by atoms with Gasteiger partial charge in [0, 0.05) is 12.0 Å². The van der Waals surface area contributed by atoms with Gasteiger partial charge in [-0.25, -0.2) is 4.98 Å². The third-order valence-corrected chi connectivity index (χ3v) is 6.40. The lowest BCUT2D eigenvalue weighted by molar-refractivity contribution is -0.132. The lowest BCUT2D eigenvalue weighted by Crippen LogP contribution is -2.30. The quantitative estimate of drug-likeness (QED) is 0.236. The number of benzene rings is 3. The SMILES string of the molecule is CC1Cc2cc(/C(O)=C3\C(=O)C(=O)N(c4nc5ccccc5[nH]4)C3c3cccc(O)c3)ccc2O1. The fourth-order valence-corrected chi connectivity index (χ4v) is 4.84. The van der Waals surface area contributed by atoms with Gasteiger partial charge in [0.15, 0.2) is 0 Å². The molecule has 3 N–H and O–H groups in total. The first kappa shape index (κ1) is 21.0. The largest absolute Gasteiger partial charge is 0.508 e. The number of anilines is 1. The lowest BCUT2D eigenvalue weighted by Gasteiger charge is -2.23. The van der Waals surface area contributed by atoms with E-state index in [0.29, 0.717) is 28.6 Å². The smallest absolute Gasteiger partial charge is 0.302 e. The van der Waals surface area contributed by atoms with Crippen LogP contribution < -0.4 is 9.64 Å². The molecule has 1 fully saturated rings. The second-order valence-corrected chi connectivity index (χ2v) is 8.80. The Morgan fingerprint density at radius 2 is 1.91 bits per heavy atom. The highest BCUT2D eigenvalue weighted by Gasteiger charge is 2.48. The average molecular weight is 467 g/mol. The molecular weight excluding hydrogens is 446 g/mol. The van der Waals surface area contributed by atoms with Crippen LogP contribution in [0.5, 0.6) is 11.5 Å². The molecule has 2 unspecified atom stereocenters. The Balaban J connectivity index is 1.54. The van der Waals surface area contributed by atoms with E-state index >= 15 is 0 Å². The molecule has 1 amide bonds. The molecule has 8 heteroatoms. The summed E-state index contributed by atoms with van der Waals surface area (Å²) >= 11 is 0. The number of hydrogen-bond donors (Lipinski definition) is 3. The number of H-pyrrole nitrogens is 1. The number of nitrogens with one attached hydrogen (secondary N) is 1. The number of nitrogens with zero attached hydrogens (tertiary/aromatic N) is 2. The third kappa shape index (κ3) is 3.33. The Morgan fingerprint density at radius 3 is 2.71 bits per heavy atom. The maximum Gasteiger partial charge on any atom is 0.302 e. The topological polar surface area (TPSA) is 116 Å². The number of phenols is 1. The Labute approximate surface area is 200 Å². The molecule has 1 aromatic heterocycles. The predicted molar refractivity (Wildman–Crippen MR) is 129 cm³/mol. The molecule has 1 saturated heterocycles. The number of fused-ring (bicyclic) bond motifs is 2. The standard InChI is InChI=1S/C27H21N3O5/c1-14-11-17-12-16(9-10-21(17)35-14)24(32)22-23(15-5-4-6-18(31)13-15)30(26(34)25(22)33)27-28-19-7-2-3-8-20(19)29-27/h2-10,12-14,23,31-32H,11H2,1H3,(H,28,29)/b24-22+. The first-order chi connectivity index (χ1) is 16.9. The van der Waals surface area contributed by atoms with Crippen molar-refractivity contribution in [2.24, 2.45) is 0 Å². The normalized spacial score (nSPS) is 20.9. The first-order valence-corrected chi connectivity index (χ1v) is 11.3. The van der Waals surface area contributed by atoms with Crippen LogP contribution in [0.2, 0.25) is 0 Å². The van der Waals surface area contributed by atoms with Crippen molar-refractivity contribution in [2.75, 3.05) is 4.90 Å². The first-order valence-electron chi connectivity index (χ1n) is 11.3. The third-order valence-electron chi connectivity index (χ3n) is 6.40. The van der Waals surface area contributed by atoms with Crippen molar-refractivity contribution in [3.05, 3.63) is 89.0 Å². The van der Waals surface area contributed by atoms with Gasteiger partial charge in [0.1, 0.15) is 23.4 Å². The molecule has 2 atom stereocenters. The summed E-state index contributed by atoms with van der Waals surface area (Å²) < 4.78 is 5.75. The number of phenolic OH excluding ortho intramolecular Hbond substituents is 1. The minimum absolute atomic E-state index is 0.0216. The van der Waals surface area contributed by atoms with Gasteiger partial charge in [-0.1, -0.05) is 24.3 Å². The molecule has 2 aliphatic rings. The number of aliphatic hydroxyl groups is 1. The minimum atomic E-state index is -0.994. The van der Waals surface area contributed by atoms with Crippen LogP contribution in [0.4, 0.5) is 5.95 Å². The molecular formula is C27H21N3O5. The fraction of sp³-hybridized carbons (Fsp3) is 0.148. The van der Waals surface area contributed by atoms with Gasteiger partial charge in [-0.15, -0.1) is 0 Å². The number of para-hydroxylation sites is 2. The number of amides is 1. The van der Waals surface area contributed by atoms with Crippen molar-refractivity contribution < 1.29 is 24.5 Å². The van der Waals surface area contributed by atoms with E-state index in [0.717, 1.165) is 11.3 Å². The van der Waals surface area contributed by atoms with Crippen LogP contribution in [0, 0.1) is 0 Å². The number of aliphatic hydroxyl groups excluding tert-OH is 1. The number of Topliss-reactive ketones (excluding diaryl/α,β-unsaturated/α-hetero) is 1. The van der Waals surface area contributed by atoms with Crippen LogP contribution >= 0.6 is 0 Å². The predicted octanol–water partition coefficient (Wildman–Crippen LogP) is 4.22. The summed E-state index contributed by atoms with van der Waals surface area (Å²) in [5, 5.41) is 21.5. The Kier molecular flexibility index (Phi) is 4.63. The molecule has 0 radical (unpaired) electrons. The van der Waals surface area contributed by atoms with Crippen LogP contribution in [0.1, 0.15) is 29.7 Å². The van der Waals surface area contributed by atoms with Gasteiger partial charge in [-0.2, -0.15) is 0 Å². The Hall–Kier alpha value is -4.59. The molecule has 6 rings (SSSR count). The maximum absolute atomic E-state index is 13.3. The lowest BCUT2D eigenvalue weighted by atomic mass is 9.94. The second-order valence-electron chi connectivity index (χ2n) is 8.80. The fourth-order valence-electron chi connectivity index (χ4n) is 4.84. The van der Waals surface area contributed by atoms with Gasteiger partial charge in [-0.05, 0) is 60.5 Å². The van der Waals surface area contributed by atoms with E-state index < -0.39 is 17.7 Å². The van der Waals surface area contributed by atoms with E-state index in [4.69, 9.17) is 4.74 Å². The zero-order chi connectivity index (χ0) is 24.3. The Bertz CT molecular complexity index is 1520. The van der Waals surface area contributed by atoms with Gasteiger partial charge in [0.25, 0.3) is 5.78 Å². The summed E-state index contributed by atoms with van der Waals surface area (Å²) in [6, 6.07) is 17.8. The zero-order valence-electron chi connectivity index (χ0n) is 18.7. The van der Waals surface area contributed by atoms with Crippen molar-refractivity contribution in [3.8, 4) is 11.5 Å². The van der Waals surface area contributed by atoms with Crippen molar-refractivity contribution >= 4 is 34.4 Å². The number of hydrogen-bond acceptors (Lipinski definition) is 6. The van der Waals surface area contributed by atoms with Gasteiger partial charge in [0.2, 0.25) is 5.95 Å². The molecule has 174 valence electrons. The summed E-state index contributed by atoms with van der Waals surface area (Å²) in [7, 11) is 0. The van der Waals surface area contributed by atoms with Gasteiger partial charge < -0.3 is 19.9 Å². The van der Waals surface area contributed by atoms with Crippen LogP contribution in [0.15, 0.2) is 72.3 Å². The van der Waals surface area contributed by atoms with Crippen molar-refractivity contribution in [3.63, 3.8) is 0 Å². The Morgan fingerprint density at radius 1 is 1.09 bits per heavy atom. The highest BCUT2D eigenvalue weighted by molar-refractivity contribution is 6.51. The van der Waals surface area contributed by atoms with Gasteiger partial charge in [0.05, 0.1) is 22.6 Å². The summed E-state index contributed by atoms with van der Waals surface area (Å²) in [5.41, 5.74) is 3.05. The van der Waals surface area contributed by atoms with Crippen LogP contribution in [-0.2, 0) is 16.0 Å². The molecule has 4 aromatic rings. The van der Waals surface area contributed by atoms with Crippen LogP contribution in [0.25, 0.3) is 16.8 Å². The summed E-state index contributed by atoms with van der Waals surface area (Å²) in [5.74, 6) is -1.06. The number of ether oxygens (including phenoxy) is 1. The molecule has 8 nitrogen and oxygen atoms in total. The van der Waals surface area contributed by atoms with Crippen LogP contribution in [-0.4, -0.2) is 38.0 Å². The molecule has 0 spiro atoms. The van der Waals surface area contributed by atoms with E-state index in [1.807, 2.05) is 25.1 Å². The van der Waals surface area contributed by atoms with Gasteiger partial charge in [-0.3, -0.25) is 14.5 Å². The average Bonchev–Trinajstić information content (AvgIpc) is 3.51. The summed E-state index contributed by atoms with van der Waals surface area (Å²) in [6.07, 6.45) is 0.702. The van der Waals surface area contributed by atoms with Gasteiger partial charge >= 0.3 is 5.91 Å². The molecule has 0 bridgehead atoms. The zero-order valence-corrected chi connectivity index (χ0v) is 18.7. The van der Waals surface area contributed by atoms with E-state index in [1.165, 1.54) is 17.0 Å². The number of aromatic hydroxyl groups is 1. The number of aromatic nitrogens is 2. The second kappa shape index (κ2) is 7.73. The van der Waals surface area contributed by atoms with Crippen LogP contribution in [0.3, 0.4) is 0 Å². The minimum Gasteiger partial charge on any atom is -0.508 e. The molecule has 3 aromatic carbocycles. The number of rotatable bonds is 3. The van der Waals surface area contributed by atoms with Crippen molar-refractivity contribution in [2.45, 2.75) is 25.5 Å². The molecule has 0 aliphatic carbocycles. The van der Waals surface area contributed by atoms with E-state index in [2.05, 4.69) is 9.97 Å². The number of carbonyl (C=O) groups excluding carboxylic acids is 2.